The molecule has 4 aliphatic rings. The summed E-state index contributed by atoms with van der Waals surface area (Å²) < 4.78 is 0. The number of rotatable bonds is 3. The van der Waals surface area contributed by atoms with Crippen molar-refractivity contribution in [3.05, 3.63) is 35.9 Å². The molecule has 1 aromatic carbocycles. The van der Waals surface area contributed by atoms with Crippen molar-refractivity contribution < 1.29 is 4.79 Å². The molecular formula is C19H23Cl2NO. The van der Waals surface area contributed by atoms with Gasteiger partial charge < -0.3 is 5.32 Å². The lowest BCUT2D eigenvalue weighted by Crippen LogP contribution is -2.62. The molecule has 4 fully saturated rings. The lowest BCUT2D eigenvalue weighted by molar-refractivity contribution is -0.121. The van der Waals surface area contributed by atoms with Gasteiger partial charge in [-0.2, -0.15) is 0 Å². The highest BCUT2D eigenvalue weighted by Gasteiger charge is 2.63. The Morgan fingerprint density at radius 2 is 1.96 bits per heavy atom. The molecule has 0 aromatic heterocycles. The van der Waals surface area contributed by atoms with E-state index in [1.54, 1.807) is 6.92 Å². The summed E-state index contributed by atoms with van der Waals surface area (Å²) >= 11 is 14.0. The summed E-state index contributed by atoms with van der Waals surface area (Å²) in [5, 5.41) is 3.20. The molecule has 23 heavy (non-hydrogen) atoms. The van der Waals surface area contributed by atoms with E-state index in [9.17, 15) is 4.79 Å². The van der Waals surface area contributed by atoms with Crippen LogP contribution in [0.1, 0.15) is 50.6 Å². The molecular weight excluding hydrogens is 329 g/mol. The maximum Gasteiger partial charge on any atom is 0.217 e. The molecule has 1 N–H and O–H groups in total. The number of amides is 1. The summed E-state index contributed by atoms with van der Waals surface area (Å²) in [6.45, 7) is 1.59. The van der Waals surface area contributed by atoms with E-state index in [4.69, 9.17) is 23.2 Å². The van der Waals surface area contributed by atoms with E-state index in [2.05, 4.69) is 17.4 Å². The number of carbonyl (C=O) groups excluding carboxylic acids is 1. The first-order chi connectivity index (χ1) is 10.9. The number of benzene rings is 1. The zero-order chi connectivity index (χ0) is 16.2. The van der Waals surface area contributed by atoms with Crippen LogP contribution in [0.3, 0.4) is 0 Å². The van der Waals surface area contributed by atoms with E-state index in [-0.39, 0.29) is 27.6 Å². The van der Waals surface area contributed by atoms with Gasteiger partial charge in [0.05, 0.1) is 10.9 Å². The Balaban J connectivity index is 1.73. The third kappa shape index (κ3) is 2.68. The van der Waals surface area contributed by atoms with Crippen molar-refractivity contribution in [1.29, 1.82) is 0 Å². The van der Waals surface area contributed by atoms with Gasteiger partial charge in [-0.1, -0.05) is 30.3 Å². The predicted molar refractivity (Wildman–Crippen MR) is 93.7 cm³/mol. The summed E-state index contributed by atoms with van der Waals surface area (Å²) in [4.78, 5) is 11.5. The van der Waals surface area contributed by atoms with E-state index < -0.39 is 0 Å². The monoisotopic (exact) mass is 351 g/mol. The molecule has 0 saturated heterocycles. The van der Waals surface area contributed by atoms with Crippen LogP contribution >= 0.6 is 23.2 Å². The molecule has 0 spiro atoms. The van der Waals surface area contributed by atoms with Gasteiger partial charge in [-0.25, -0.2) is 0 Å². The summed E-state index contributed by atoms with van der Waals surface area (Å²) in [5.41, 5.74) is 1.16. The lowest BCUT2D eigenvalue weighted by atomic mass is 9.49. The Hall–Kier alpha value is -0.730. The van der Waals surface area contributed by atoms with Gasteiger partial charge in [0, 0.05) is 17.7 Å². The van der Waals surface area contributed by atoms with Gasteiger partial charge in [0.2, 0.25) is 5.91 Å². The number of hydrogen-bond donors (Lipinski definition) is 1. The van der Waals surface area contributed by atoms with Crippen LogP contribution < -0.4 is 5.32 Å². The van der Waals surface area contributed by atoms with Gasteiger partial charge in [-0.3, -0.25) is 4.79 Å². The third-order valence-corrected chi connectivity index (χ3v) is 7.12. The SMILES string of the molecule is CC(=O)N[C@@H](c1ccccc1)[C@H]1C2CC3C[C@](Cl)(C2)C[C@@]1(Cl)C3. The number of hydrogen-bond acceptors (Lipinski definition) is 1. The van der Waals surface area contributed by atoms with Gasteiger partial charge >= 0.3 is 0 Å². The summed E-state index contributed by atoms with van der Waals surface area (Å²) in [6, 6.07) is 10.3. The van der Waals surface area contributed by atoms with E-state index >= 15 is 0 Å². The number of halogens is 2. The van der Waals surface area contributed by atoms with Crippen molar-refractivity contribution in [2.75, 3.05) is 0 Å². The van der Waals surface area contributed by atoms with Gasteiger partial charge in [0.25, 0.3) is 0 Å². The molecule has 4 aliphatic carbocycles. The molecule has 1 amide bonds. The maximum atomic E-state index is 11.9. The molecule has 6 atom stereocenters. The van der Waals surface area contributed by atoms with E-state index in [0.29, 0.717) is 11.8 Å². The molecule has 0 aliphatic heterocycles. The topological polar surface area (TPSA) is 29.1 Å². The van der Waals surface area contributed by atoms with Crippen LogP contribution in [0.2, 0.25) is 0 Å². The largest absolute Gasteiger partial charge is 0.349 e. The van der Waals surface area contributed by atoms with Crippen molar-refractivity contribution >= 4 is 29.1 Å². The minimum atomic E-state index is -0.283. The first kappa shape index (κ1) is 15.8. The summed E-state index contributed by atoms with van der Waals surface area (Å²) in [6.07, 6.45) is 5.25. The molecule has 2 unspecified atom stereocenters. The number of carbonyl (C=O) groups is 1. The van der Waals surface area contributed by atoms with Gasteiger partial charge in [-0.05, 0) is 49.5 Å². The normalized spacial score (nSPS) is 42.5. The first-order valence-electron chi connectivity index (χ1n) is 8.58. The van der Waals surface area contributed by atoms with Gasteiger partial charge in [-0.15, -0.1) is 23.2 Å². The molecule has 4 heteroatoms. The van der Waals surface area contributed by atoms with Crippen molar-refractivity contribution in [3.63, 3.8) is 0 Å². The summed E-state index contributed by atoms with van der Waals surface area (Å²) in [5.74, 6) is 1.43. The fraction of sp³-hybridized carbons (Fsp3) is 0.632. The van der Waals surface area contributed by atoms with Crippen LogP contribution in [-0.4, -0.2) is 15.7 Å². The van der Waals surface area contributed by atoms with E-state index in [1.807, 2.05) is 18.2 Å². The number of nitrogens with one attached hydrogen (secondary N) is 1. The minimum Gasteiger partial charge on any atom is -0.349 e. The quantitative estimate of drug-likeness (QED) is 0.788. The Bertz CT molecular complexity index is 621. The Morgan fingerprint density at radius 1 is 1.22 bits per heavy atom. The van der Waals surface area contributed by atoms with Crippen molar-refractivity contribution in [3.8, 4) is 0 Å². The van der Waals surface area contributed by atoms with Gasteiger partial charge in [0.1, 0.15) is 0 Å². The summed E-state index contributed by atoms with van der Waals surface area (Å²) in [7, 11) is 0. The lowest BCUT2D eigenvalue weighted by Gasteiger charge is -2.63. The van der Waals surface area contributed by atoms with Crippen LogP contribution in [0.25, 0.3) is 0 Å². The van der Waals surface area contributed by atoms with Crippen LogP contribution in [-0.2, 0) is 4.79 Å². The highest BCUT2D eigenvalue weighted by atomic mass is 35.5. The molecule has 124 valence electrons. The molecule has 4 bridgehead atoms. The number of alkyl halides is 2. The standard InChI is InChI=1S/C19H23Cl2NO/c1-12(23)22-17(14-5-3-2-4-6-14)16-15-7-13-8-18(20,10-15)11-19(16,21)9-13/h2-6,13,15-17H,7-11H2,1H3,(H,22,23)/t13?,15?,16-,17+,18+,19+/m1/s1. The Morgan fingerprint density at radius 3 is 2.57 bits per heavy atom. The van der Waals surface area contributed by atoms with Crippen molar-refractivity contribution in [2.24, 2.45) is 17.8 Å². The third-order valence-electron chi connectivity index (χ3n) is 6.14. The van der Waals surface area contributed by atoms with Crippen LogP contribution in [0.5, 0.6) is 0 Å². The molecule has 2 nitrogen and oxygen atoms in total. The fourth-order valence-corrected chi connectivity index (χ4v) is 7.33. The Kier molecular flexibility index (Phi) is 3.70. The molecule has 5 rings (SSSR count). The second-order valence-electron chi connectivity index (χ2n) is 7.95. The predicted octanol–water partition coefficient (Wildman–Crippen LogP) is 4.66. The average molecular weight is 352 g/mol. The zero-order valence-electron chi connectivity index (χ0n) is 13.4. The van der Waals surface area contributed by atoms with E-state index in [0.717, 1.165) is 31.2 Å². The van der Waals surface area contributed by atoms with Crippen LogP contribution in [0.4, 0.5) is 0 Å². The fourth-order valence-electron chi connectivity index (χ4n) is 5.82. The van der Waals surface area contributed by atoms with Crippen LogP contribution in [0, 0.1) is 17.8 Å². The van der Waals surface area contributed by atoms with Crippen molar-refractivity contribution in [2.45, 2.75) is 54.8 Å². The highest BCUT2D eigenvalue weighted by Crippen LogP contribution is 2.66. The molecule has 1 aromatic rings. The molecule has 0 radical (unpaired) electrons. The average Bonchev–Trinajstić information content (AvgIpc) is 2.43. The Labute approximate surface area is 147 Å². The first-order valence-corrected chi connectivity index (χ1v) is 9.34. The van der Waals surface area contributed by atoms with Crippen molar-refractivity contribution in [1.82, 2.24) is 5.32 Å². The zero-order valence-corrected chi connectivity index (χ0v) is 14.9. The van der Waals surface area contributed by atoms with E-state index in [1.165, 1.54) is 6.42 Å². The van der Waals surface area contributed by atoms with Crippen LogP contribution in [0.15, 0.2) is 30.3 Å². The second-order valence-corrected chi connectivity index (χ2v) is 9.51. The van der Waals surface area contributed by atoms with Gasteiger partial charge in [0.15, 0.2) is 0 Å². The smallest absolute Gasteiger partial charge is 0.217 e. The molecule has 4 saturated carbocycles. The second kappa shape index (κ2) is 5.39. The molecule has 0 heterocycles. The minimum absolute atomic E-state index is 0.00788. The highest BCUT2D eigenvalue weighted by molar-refractivity contribution is 6.28. The maximum absolute atomic E-state index is 11.9.